The van der Waals surface area contributed by atoms with Crippen LogP contribution < -0.4 is 5.32 Å². The van der Waals surface area contributed by atoms with Gasteiger partial charge in [0.2, 0.25) is 0 Å². The molecule has 0 bridgehead atoms. The number of aliphatic carboxylic acids is 1. The zero-order valence-corrected chi connectivity index (χ0v) is 11.2. The van der Waals surface area contributed by atoms with E-state index in [1.54, 1.807) is 0 Å². The van der Waals surface area contributed by atoms with Crippen molar-refractivity contribution in [3.8, 4) is 0 Å². The van der Waals surface area contributed by atoms with Gasteiger partial charge in [0, 0.05) is 17.8 Å². The topological polar surface area (TPSA) is 86.6 Å². The molecule has 1 aromatic rings. The Morgan fingerprint density at radius 3 is 2.67 bits per heavy atom. The Bertz CT molecular complexity index is 441. The number of amides is 1. The van der Waals surface area contributed by atoms with E-state index in [4.69, 9.17) is 10.2 Å². The van der Waals surface area contributed by atoms with E-state index in [9.17, 15) is 9.59 Å². The largest absolute Gasteiger partial charge is 0.479 e. The third kappa shape index (κ3) is 3.82. The van der Waals surface area contributed by atoms with Crippen molar-refractivity contribution in [2.75, 3.05) is 6.54 Å². The van der Waals surface area contributed by atoms with E-state index < -0.39 is 12.1 Å². The number of aryl methyl sites for hydroxylation is 2. The summed E-state index contributed by atoms with van der Waals surface area (Å²) in [4.78, 5) is 23.9. The first-order valence-corrected chi connectivity index (χ1v) is 6.55. The van der Waals surface area contributed by atoms with Gasteiger partial charge in [0.25, 0.3) is 5.91 Å². The minimum absolute atomic E-state index is 0.00602. The van der Waals surface area contributed by atoms with Gasteiger partial charge in [0.1, 0.15) is 0 Å². The lowest BCUT2D eigenvalue weighted by molar-refractivity contribution is -0.146. The Balaban J connectivity index is 2.48. The first-order chi connectivity index (χ1) is 8.45. The SMILES string of the molecule is CCc1cc(C(=O)NCC[C@H](O)C(=O)O)sc1C. The number of thiophene rings is 1. The second kappa shape index (κ2) is 6.51. The molecule has 0 unspecified atom stereocenters. The van der Waals surface area contributed by atoms with Crippen molar-refractivity contribution in [1.29, 1.82) is 0 Å². The molecular formula is C12H17NO4S. The second-order valence-corrected chi connectivity index (χ2v) is 5.20. The van der Waals surface area contributed by atoms with E-state index in [1.807, 2.05) is 19.9 Å². The molecule has 18 heavy (non-hydrogen) atoms. The van der Waals surface area contributed by atoms with Crippen LogP contribution in [0.5, 0.6) is 0 Å². The fourth-order valence-electron chi connectivity index (χ4n) is 1.52. The molecule has 0 aromatic carbocycles. The van der Waals surface area contributed by atoms with Gasteiger partial charge in [0.15, 0.2) is 6.10 Å². The second-order valence-electron chi connectivity index (χ2n) is 3.94. The summed E-state index contributed by atoms with van der Waals surface area (Å²) in [6.45, 7) is 4.14. The summed E-state index contributed by atoms with van der Waals surface area (Å²) in [5, 5.41) is 20.1. The average molecular weight is 271 g/mol. The first-order valence-electron chi connectivity index (χ1n) is 5.74. The van der Waals surface area contributed by atoms with Crippen molar-refractivity contribution in [1.82, 2.24) is 5.32 Å². The van der Waals surface area contributed by atoms with E-state index in [1.165, 1.54) is 11.3 Å². The number of hydrogen-bond acceptors (Lipinski definition) is 4. The van der Waals surface area contributed by atoms with E-state index in [-0.39, 0.29) is 18.9 Å². The number of carboxylic acid groups (broad SMARTS) is 1. The molecular weight excluding hydrogens is 254 g/mol. The highest BCUT2D eigenvalue weighted by molar-refractivity contribution is 7.14. The quantitative estimate of drug-likeness (QED) is 0.725. The number of carbonyl (C=O) groups is 2. The Hall–Kier alpha value is -1.40. The molecule has 0 fully saturated rings. The molecule has 0 radical (unpaired) electrons. The van der Waals surface area contributed by atoms with Gasteiger partial charge in [-0.3, -0.25) is 4.79 Å². The van der Waals surface area contributed by atoms with Gasteiger partial charge in [-0.05, 0) is 25.0 Å². The fraction of sp³-hybridized carbons (Fsp3) is 0.500. The third-order valence-electron chi connectivity index (χ3n) is 2.61. The fourth-order valence-corrected chi connectivity index (χ4v) is 2.55. The van der Waals surface area contributed by atoms with Crippen molar-refractivity contribution in [2.45, 2.75) is 32.8 Å². The van der Waals surface area contributed by atoms with Crippen molar-refractivity contribution in [3.63, 3.8) is 0 Å². The van der Waals surface area contributed by atoms with Crippen LogP contribution in [0.15, 0.2) is 6.07 Å². The van der Waals surface area contributed by atoms with E-state index in [0.717, 1.165) is 16.9 Å². The van der Waals surface area contributed by atoms with Gasteiger partial charge in [-0.2, -0.15) is 0 Å². The highest BCUT2D eigenvalue weighted by Gasteiger charge is 2.15. The summed E-state index contributed by atoms with van der Waals surface area (Å²) in [5.41, 5.74) is 1.15. The number of nitrogens with one attached hydrogen (secondary N) is 1. The molecule has 0 aliphatic rings. The van der Waals surface area contributed by atoms with Crippen LogP contribution in [-0.4, -0.2) is 34.7 Å². The molecule has 0 aliphatic heterocycles. The summed E-state index contributed by atoms with van der Waals surface area (Å²) in [7, 11) is 0. The maximum absolute atomic E-state index is 11.7. The molecule has 1 aromatic heterocycles. The van der Waals surface area contributed by atoms with Crippen LogP contribution in [0.2, 0.25) is 0 Å². The number of carbonyl (C=O) groups excluding carboxylic acids is 1. The molecule has 1 amide bonds. The summed E-state index contributed by atoms with van der Waals surface area (Å²) in [6.07, 6.45) is -0.541. The van der Waals surface area contributed by atoms with Crippen molar-refractivity contribution < 1.29 is 19.8 Å². The van der Waals surface area contributed by atoms with Crippen LogP contribution in [0.4, 0.5) is 0 Å². The molecule has 0 aliphatic carbocycles. The molecule has 100 valence electrons. The van der Waals surface area contributed by atoms with Gasteiger partial charge < -0.3 is 15.5 Å². The highest BCUT2D eigenvalue weighted by atomic mass is 32.1. The summed E-state index contributed by atoms with van der Waals surface area (Å²) in [5.74, 6) is -1.50. The number of rotatable bonds is 6. The maximum atomic E-state index is 11.7. The average Bonchev–Trinajstić information content (AvgIpc) is 2.70. The predicted octanol–water partition coefficient (Wildman–Crippen LogP) is 1.18. The molecule has 1 heterocycles. The Labute approximate surface area is 109 Å². The highest BCUT2D eigenvalue weighted by Crippen LogP contribution is 2.21. The lowest BCUT2D eigenvalue weighted by Gasteiger charge is -2.06. The van der Waals surface area contributed by atoms with Gasteiger partial charge >= 0.3 is 5.97 Å². The summed E-state index contributed by atoms with van der Waals surface area (Å²) in [6, 6.07) is 1.85. The van der Waals surface area contributed by atoms with Crippen molar-refractivity contribution >= 4 is 23.2 Å². The van der Waals surface area contributed by atoms with Crippen LogP contribution in [-0.2, 0) is 11.2 Å². The van der Waals surface area contributed by atoms with Crippen molar-refractivity contribution in [2.24, 2.45) is 0 Å². The first kappa shape index (κ1) is 14.7. The van der Waals surface area contributed by atoms with Crippen LogP contribution in [0.1, 0.15) is 33.5 Å². The Morgan fingerprint density at radius 2 is 2.17 bits per heavy atom. The van der Waals surface area contributed by atoms with E-state index in [0.29, 0.717) is 4.88 Å². The predicted molar refractivity (Wildman–Crippen MR) is 69.0 cm³/mol. The lowest BCUT2D eigenvalue weighted by atomic mass is 10.2. The lowest BCUT2D eigenvalue weighted by Crippen LogP contribution is -2.29. The number of carboxylic acids is 1. The summed E-state index contributed by atoms with van der Waals surface area (Å²) < 4.78 is 0. The zero-order chi connectivity index (χ0) is 13.7. The minimum Gasteiger partial charge on any atom is -0.479 e. The van der Waals surface area contributed by atoms with Crippen LogP contribution in [0.3, 0.4) is 0 Å². The van der Waals surface area contributed by atoms with Crippen LogP contribution in [0, 0.1) is 6.92 Å². The molecule has 0 saturated heterocycles. The van der Waals surface area contributed by atoms with Gasteiger partial charge in [0.05, 0.1) is 4.88 Å². The van der Waals surface area contributed by atoms with Crippen LogP contribution >= 0.6 is 11.3 Å². The molecule has 0 spiro atoms. The van der Waals surface area contributed by atoms with Gasteiger partial charge in [-0.25, -0.2) is 4.79 Å². The van der Waals surface area contributed by atoms with Crippen LogP contribution in [0.25, 0.3) is 0 Å². The zero-order valence-electron chi connectivity index (χ0n) is 10.4. The minimum atomic E-state index is -1.43. The number of hydrogen-bond donors (Lipinski definition) is 3. The molecule has 6 heteroatoms. The van der Waals surface area contributed by atoms with E-state index in [2.05, 4.69) is 5.32 Å². The molecule has 3 N–H and O–H groups in total. The third-order valence-corrected chi connectivity index (χ3v) is 3.71. The molecule has 0 saturated carbocycles. The van der Waals surface area contributed by atoms with E-state index >= 15 is 0 Å². The molecule has 1 atom stereocenters. The Morgan fingerprint density at radius 1 is 1.50 bits per heavy atom. The monoisotopic (exact) mass is 271 g/mol. The number of aliphatic hydroxyl groups excluding tert-OH is 1. The standard InChI is InChI=1S/C12H17NO4S/c1-3-8-6-10(18-7(8)2)11(15)13-5-4-9(14)12(16)17/h6,9,14H,3-5H2,1-2H3,(H,13,15)(H,16,17)/t9-/m0/s1. The van der Waals surface area contributed by atoms with Crippen molar-refractivity contribution in [3.05, 3.63) is 21.4 Å². The summed E-state index contributed by atoms with van der Waals surface area (Å²) >= 11 is 1.42. The normalized spacial score (nSPS) is 12.2. The van der Waals surface area contributed by atoms with Gasteiger partial charge in [-0.15, -0.1) is 11.3 Å². The molecule has 5 nitrogen and oxygen atoms in total. The Kier molecular flexibility index (Phi) is 5.30. The molecule has 1 rings (SSSR count). The van der Waals surface area contributed by atoms with Gasteiger partial charge in [-0.1, -0.05) is 6.92 Å². The maximum Gasteiger partial charge on any atom is 0.332 e. The smallest absolute Gasteiger partial charge is 0.332 e. The number of aliphatic hydroxyl groups is 1.